The third-order valence-electron chi connectivity index (χ3n) is 5.08. The summed E-state index contributed by atoms with van der Waals surface area (Å²) in [5.74, 6) is -0.0496. The third-order valence-corrected chi connectivity index (χ3v) is 5.08. The van der Waals surface area contributed by atoms with Crippen LogP contribution in [-0.4, -0.2) is 42.4 Å². The van der Waals surface area contributed by atoms with Gasteiger partial charge in [0.1, 0.15) is 23.1 Å². The Bertz CT molecular complexity index is 1070. The Kier molecular flexibility index (Phi) is 6.39. The molecule has 3 rings (SSSR count). The first-order chi connectivity index (χ1) is 14.7. The molecule has 0 bridgehead atoms. The van der Waals surface area contributed by atoms with Crippen LogP contribution in [0.4, 0.5) is 4.79 Å². The van der Waals surface area contributed by atoms with Crippen LogP contribution in [0, 0.1) is 0 Å². The van der Waals surface area contributed by atoms with E-state index < -0.39 is 23.7 Å². The highest BCUT2D eigenvalue weighted by Crippen LogP contribution is 2.32. The number of carboxylic acids is 1. The van der Waals surface area contributed by atoms with Crippen LogP contribution in [-0.2, 0) is 21.6 Å². The van der Waals surface area contributed by atoms with Crippen molar-refractivity contribution in [3.63, 3.8) is 0 Å². The zero-order valence-electron chi connectivity index (χ0n) is 17.9. The molecule has 0 saturated heterocycles. The molecule has 8 nitrogen and oxygen atoms in total. The molecule has 0 aliphatic carbocycles. The molecule has 0 aliphatic heterocycles. The number of aliphatic carboxylic acids is 1. The Morgan fingerprint density at radius 1 is 1.10 bits per heavy atom. The van der Waals surface area contributed by atoms with E-state index in [4.69, 9.17) is 14.2 Å². The average Bonchev–Trinajstić information content (AvgIpc) is 3.15. The number of benzene rings is 2. The molecule has 31 heavy (non-hydrogen) atoms. The first-order valence-corrected chi connectivity index (χ1v) is 9.74. The number of amides is 1. The molecule has 3 aromatic rings. The van der Waals surface area contributed by atoms with Gasteiger partial charge in [-0.2, -0.15) is 0 Å². The van der Waals surface area contributed by atoms with Crippen molar-refractivity contribution in [2.45, 2.75) is 31.9 Å². The summed E-state index contributed by atoms with van der Waals surface area (Å²) >= 11 is 0. The second kappa shape index (κ2) is 8.99. The number of carbonyl (C=O) groups excluding carboxylic acids is 1. The van der Waals surface area contributed by atoms with Gasteiger partial charge in [-0.1, -0.05) is 18.2 Å². The molecule has 164 valence electrons. The van der Waals surface area contributed by atoms with E-state index in [9.17, 15) is 14.7 Å². The normalized spacial score (nSPS) is 12.3. The van der Waals surface area contributed by atoms with E-state index in [1.165, 1.54) is 14.2 Å². The summed E-state index contributed by atoms with van der Waals surface area (Å²) in [4.78, 5) is 27.5. The highest BCUT2D eigenvalue weighted by molar-refractivity contribution is 5.85. The Balaban J connectivity index is 1.74. The highest BCUT2D eigenvalue weighted by atomic mass is 16.6. The number of rotatable bonds is 8. The van der Waals surface area contributed by atoms with Gasteiger partial charge in [-0.3, -0.25) is 0 Å². The summed E-state index contributed by atoms with van der Waals surface area (Å²) < 4.78 is 16.1. The smallest absolute Gasteiger partial charge is 0.408 e. The molecule has 1 atom stereocenters. The molecule has 1 unspecified atom stereocenters. The van der Waals surface area contributed by atoms with E-state index in [1.807, 2.05) is 24.3 Å². The van der Waals surface area contributed by atoms with E-state index >= 15 is 0 Å². The third kappa shape index (κ3) is 5.09. The number of H-pyrrole nitrogens is 1. The van der Waals surface area contributed by atoms with Gasteiger partial charge < -0.3 is 29.6 Å². The standard InChI is InChI=1S/C23H26N2O6/c1-23(2,15-10-16(29-3)12-17(11-15)30-4)31-22(28)25-20(21(26)27)9-14-13-24-19-8-6-5-7-18(14)19/h5-8,10-13,20,24H,9H2,1-4H3,(H,25,28)(H,26,27). The minimum absolute atomic E-state index is 0.113. The summed E-state index contributed by atoms with van der Waals surface area (Å²) in [5.41, 5.74) is 1.27. The SMILES string of the molecule is COc1cc(OC)cc(C(C)(C)OC(=O)NC(Cc2c[nH]c3ccccc23)C(=O)O)c1. The number of aromatic nitrogens is 1. The molecule has 1 aromatic heterocycles. The molecule has 1 amide bonds. The number of para-hydroxylation sites is 1. The van der Waals surface area contributed by atoms with Gasteiger partial charge in [-0.25, -0.2) is 9.59 Å². The maximum absolute atomic E-state index is 12.6. The van der Waals surface area contributed by atoms with Gasteiger partial charge in [0.15, 0.2) is 0 Å². The molecule has 8 heteroatoms. The Morgan fingerprint density at radius 3 is 2.35 bits per heavy atom. The molecule has 0 saturated carbocycles. The first kappa shape index (κ1) is 22.0. The Labute approximate surface area is 180 Å². The van der Waals surface area contributed by atoms with Crippen LogP contribution in [0.3, 0.4) is 0 Å². The quantitative estimate of drug-likeness (QED) is 0.505. The van der Waals surface area contributed by atoms with Crippen molar-refractivity contribution in [1.82, 2.24) is 10.3 Å². The predicted molar refractivity (Wildman–Crippen MR) is 116 cm³/mol. The van der Waals surface area contributed by atoms with Crippen molar-refractivity contribution in [1.29, 1.82) is 0 Å². The van der Waals surface area contributed by atoms with Crippen LogP contribution >= 0.6 is 0 Å². The number of alkyl carbamates (subject to hydrolysis) is 1. The van der Waals surface area contributed by atoms with Gasteiger partial charge >= 0.3 is 12.1 Å². The predicted octanol–water partition coefficient (Wildman–Crippen LogP) is 3.84. The number of nitrogens with one attached hydrogen (secondary N) is 2. The topological polar surface area (TPSA) is 110 Å². The lowest BCUT2D eigenvalue weighted by Gasteiger charge is -2.27. The van der Waals surface area contributed by atoms with E-state index in [2.05, 4.69) is 10.3 Å². The number of fused-ring (bicyclic) bond motifs is 1. The van der Waals surface area contributed by atoms with Crippen molar-refractivity contribution in [3.05, 3.63) is 59.8 Å². The maximum atomic E-state index is 12.6. The minimum atomic E-state index is -1.15. The van der Waals surface area contributed by atoms with Crippen LogP contribution < -0.4 is 14.8 Å². The van der Waals surface area contributed by atoms with E-state index in [0.717, 1.165) is 16.5 Å². The van der Waals surface area contributed by atoms with E-state index in [-0.39, 0.29) is 6.42 Å². The molecule has 1 heterocycles. The summed E-state index contributed by atoms with van der Waals surface area (Å²) in [6.07, 6.45) is 1.03. The Morgan fingerprint density at radius 2 is 1.74 bits per heavy atom. The van der Waals surface area contributed by atoms with Crippen molar-refractivity contribution >= 4 is 23.0 Å². The number of carboxylic acid groups (broad SMARTS) is 1. The summed E-state index contributed by atoms with van der Waals surface area (Å²) in [6, 6.07) is 11.6. The maximum Gasteiger partial charge on any atom is 0.408 e. The molecular weight excluding hydrogens is 400 g/mol. The molecule has 0 fully saturated rings. The van der Waals surface area contributed by atoms with Gasteiger partial charge in [-0.05, 0) is 37.6 Å². The second-order valence-electron chi connectivity index (χ2n) is 7.60. The van der Waals surface area contributed by atoms with Gasteiger partial charge in [0.25, 0.3) is 0 Å². The molecular formula is C23H26N2O6. The number of methoxy groups -OCH3 is 2. The number of hydrogen-bond acceptors (Lipinski definition) is 5. The zero-order chi connectivity index (χ0) is 22.6. The lowest BCUT2D eigenvalue weighted by atomic mass is 9.97. The molecule has 0 aliphatic rings. The van der Waals surface area contributed by atoms with Crippen LogP contribution in [0.25, 0.3) is 10.9 Å². The van der Waals surface area contributed by atoms with Gasteiger partial charge in [0, 0.05) is 35.2 Å². The molecule has 2 aromatic carbocycles. The van der Waals surface area contributed by atoms with Crippen molar-refractivity contribution in [3.8, 4) is 11.5 Å². The fourth-order valence-electron chi connectivity index (χ4n) is 3.34. The second-order valence-corrected chi connectivity index (χ2v) is 7.60. The minimum Gasteiger partial charge on any atom is -0.497 e. The number of hydrogen-bond donors (Lipinski definition) is 3. The lowest BCUT2D eigenvalue weighted by molar-refractivity contribution is -0.139. The van der Waals surface area contributed by atoms with Crippen LogP contribution in [0.15, 0.2) is 48.7 Å². The summed E-state index contributed by atoms with van der Waals surface area (Å²) in [5, 5.41) is 13.0. The van der Waals surface area contributed by atoms with Gasteiger partial charge in [0.05, 0.1) is 14.2 Å². The van der Waals surface area contributed by atoms with Crippen LogP contribution in [0.5, 0.6) is 11.5 Å². The number of aromatic amines is 1. The zero-order valence-corrected chi connectivity index (χ0v) is 17.9. The highest BCUT2D eigenvalue weighted by Gasteiger charge is 2.30. The molecule has 0 radical (unpaired) electrons. The molecule has 0 spiro atoms. The fraction of sp³-hybridized carbons (Fsp3) is 0.304. The van der Waals surface area contributed by atoms with Gasteiger partial charge in [-0.15, -0.1) is 0 Å². The van der Waals surface area contributed by atoms with Crippen molar-refractivity contribution < 1.29 is 28.9 Å². The monoisotopic (exact) mass is 426 g/mol. The largest absolute Gasteiger partial charge is 0.497 e. The van der Waals surface area contributed by atoms with Crippen LogP contribution in [0.2, 0.25) is 0 Å². The summed E-state index contributed by atoms with van der Waals surface area (Å²) in [7, 11) is 3.06. The lowest BCUT2D eigenvalue weighted by Crippen LogP contribution is -2.44. The van der Waals surface area contributed by atoms with Crippen molar-refractivity contribution in [2.24, 2.45) is 0 Å². The van der Waals surface area contributed by atoms with Gasteiger partial charge in [0.2, 0.25) is 0 Å². The molecule has 3 N–H and O–H groups in total. The number of carbonyl (C=O) groups is 2. The fourth-order valence-corrected chi connectivity index (χ4v) is 3.34. The number of ether oxygens (including phenoxy) is 3. The van der Waals surface area contributed by atoms with E-state index in [1.54, 1.807) is 38.2 Å². The van der Waals surface area contributed by atoms with E-state index in [0.29, 0.717) is 17.1 Å². The Hall–Kier alpha value is -3.68. The first-order valence-electron chi connectivity index (χ1n) is 9.74. The summed E-state index contributed by atoms with van der Waals surface area (Å²) in [6.45, 7) is 3.41. The van der Waals surface area contributed by atoms with Crippen LogP contribution in [0.1, 0.15) is 25.0 Å². The van der Waals surface area contributed by atoms with Crippen molar-refractivity contribution in [2.75, 3.05) is 14.2 Å². The average molecular weight is 426 g/mol.